The second-order valence-electron chi connectivity index (χ2n) is 8.25. The molecular weight excluding hydrogens is 424 g/mol. The summed E-state index contributed by atoms with van der Waals surface area (Å²) in [5.41, 5.74) is 3.45. The van der Waals surface area contributed by atoms with E-state index in [4.69, 9.17) is 14.3 Å². The number of morpholine rings is 1. The maximum Gasteiger partial charge on any atom is 0.347 e. The molecule has 2 aromatic carbocycles. The SMILES string of the molecule is CSc1ccc(/C(=N/OCC(=O)OCc2ccc(C)cc2)C(C)(C)N2CCOCC2)cc1. The topological polar surface area (TPSA) is 60.4 Å². The van der Waals surface area contributed by atoms with Gasteiger partial charge < -0.3 is 14.3 Å². The van der Waals surface area contributed by atoms with Gasteiger partial charge in [-0.05, 0) is 44.7 Å². The molecule has 1 fully saturated rings. The average Bonchev–Trinajstić information content (AvgIpc) is 2.82. The van der Waals surface area contributed by atoms with E-state index < -0.39 is 11.5 Å². The minimum Gasteiger partial charge on any atom is -0.458 e. The fourth-order valence-electron chi connectivity index (χ4n) is 3.58. The van der Waals surface area contributed by atoms with E-state index in [-0.39, 0.29) is 13.2 Å². The maximum absolute atomic E-state index is 12.2. The lowest BCUT2D eigenvalue weighted by Gasteiger charge is -2.41. The van der Waals surface area contributed by atoms with Crippen LogP contribution in [0.25, 0.3) is 0 Å². The predicted molar refractivity (Wildman–Crippen MR) is 128 cm³/mol. The molecule has 1 aliphatic rings. The zero-order valence-corrected chi connectivity index (χ0v) is 20.1. The van der Waals surface area contributed by atoms with Crippen molar-refractivity contribution in [3.05, 3.63) is 65.2 Å². The highest BCUT2D eigenvalue weighted by Gasteiger charge is 2.35. The van der Waals surface area contributed by atoms with E-state index in [0.717, 1.165) is 29.9 Å². The van der Waals surface area contributed by atoms with Gasteiger partial charge in [-0.25, -0.2) is 4.79 Å². The molecule has 0 spiro atoms. The number of rotatable bonds is 9. The second kappa shape index (κ2) is 11.5. The van der Waals surface area contributed by atoms with Crippen LogP contribution in [-0.4, -0.2) is 61.3 Å². The molecule has 3 rings (SSSR count). The smallest absolute Gasteiger partial charge is 0.347 e. The summed E-state index contributed by atoms with van der Waals surface area (Å²) < 4.78 is 10.8. The summed E-state index contributed by atoms with van der Waals surface area (Å²) in [6.45, 7) is 9.25. The fraction of sp³-hybridized carbons (Fsp3) is 0.440. The molecule has 1 saturated heterocycles. The molecule has 0 saturated carbocycles. The van der Waals surface area contributed by atoms with Gasteiger partial charge in [0.15, 0.2) is 0 Å². The van der Waals surface area contributed by atoms with Crippen molar-refractivity contribution in [2.45, 2.75) is 37.8 Å². The Labute approximate surface area is 194 Å². The molecule has 0 aliphatic carbocycles. The number of hydrogen-bond donors (Lipinski definition) is 0. The fourth-order valence-corrected chi connectivity index (χ4v) is 3.99. The first-order valence-corrected chi connectivity index (χ1v) is 12.0. The molecule has 0 radical (unpaired) electrons. The lowest BCUT2D eigenvalue weighted by molar-refractivity contribution is -0.150. The monoisotopic (exact) mass is 456 g/mol. The van der Waals surface area contributed by atoms with Gasteiger partial charge in [0.25, 0.3) is 0 Å². The minimum atomic E-state index is -0.449. The van der Waals surface area contributed by atoms with Crippen LogP contribution in [0.2, 0.25) is 0 Å². The van der Waals surface area contributed by atoms with Crippen molar-refractivity contribution in [2.24, 2.45) is 5.16 Å². The van der Waals surface area contributed by atoms with Crippen LogP contribution in [0, 0.1) is 6.92 Å². The van der Waals surface area contributed by atoms with Gasteiger partial charge in [-0.1, -0.05) is 47.1 Å². The average molecular weight is 457 g/mol. The van der Waals surface area contributed by atoms with Gasteiger partial charge in [-0.15, -0.1) is 11.8 Å². The van der Waals surface area contributed by atoms with Gasteiger partial charge in [-0.3, -0.25) is 4.90 Å². The van der Waals surface area contributed by atoms with Crippen molar-refractivity contribution in [3.63, 3.8) is 0 Å². The van der Waals surface area contributed by atoms with Crippen LogP contribution >= 0.6 is 11.8 Å². The molecule has 0 unspecified atom stereocenters. The van der Waals surface area contributed by atoms with E-state index in [9.17, 15) is 4.79 Å². The third kappa shape index (κ3) is 6.58. The lowest BCUT2D eigenvalue weighted by Crippen LogP contribution is -2.54. The summed E-state index contributed by atoms with van der Waals surface area (Å²) in [6, 6.07) is 16.1. The molecule has 172 valence electrons. The zero-order chi connectivity index (χ0) is 23.0. The number of esters is 1. The van der Waals surface area contributed by atoms with Crippen molar-refractivity contribution in [1.29, 1.82) is 0 Å². The Morgan fingerprint density at radius 1 is 1.09 bits per heavy atom. The molecule has 0 bridgehead atoms. The first-order valence-electron chi connectivity index (χ1n) is 10.8. The van der Waals surface area contributed by atoms with Gasteiger partial charge in [0.1, 0.15) is 12.3 Å². The predicted octanol–water partition coefficient (Wildman–Crippen LogP) is 4.29. The summed E-state index contributed by atoms with van der Waals surface area (Å²) >= 11 is 1.69. The van der Waals surface area contributed by atoms with E-state index in [1.807, 2.05) is 49.6 Å². The zero-order valence-electron chi connectivity index (χ0n) is 19.3. The Bertz CT molecular complexity index is 905. The molecular formula is C25H32N2O4S. The van der Waals surface area contributed by atoms with E-state index in [0.29, 0.717) is 13.2 Å². The summed E-state index contributed by atoms with van der Waals surface area (Å²) in [5.74, 6) is -0.449. The quantitative estimate of drug-likeness (QED) is 0.243. The third-order valence-corrected chi connectivity index (χ3v) is 6.35. The molecule has 0 amide bonds. The number of oxime groups is 1. The Balaban J connectivity index is 1.68. The van der Waals surface area contributed by atoms with Crippen molar-refractivity contribution in [2.75, 3.05) is 39.2 Å². The molecule has 1 aliphatic heterocycles. The normalized spacial score (nSPS) is 15.4. The number of carbonyl (C=O) groups excluding carboxylic acids is 1. The van der Waals surface area contributed by atoms with Crippen molar-refractivity contribution in [3.8, 4) is 0 Å². The number of thioether (sulfide) groups is 1. The number of ether oxygens (including phenoxy) is 2. The van der Waals surface area contributed by atoms with E-state index >= 15 is 0 Å². The van der Waals surface area contributed by atoms with Crippen LogP contribution in [0.15, 0.2) is 58.6 Å². The molecule has 1 heterocycles. The Hall–Kier alpha value is -2.35. The van der Waals surface area contributed by atoms with Crippen LogP contribution in [0.3, 0.4) is 0 Å². The van der Waals surface area contributed by atoms with Crippen LogP contribution < -0.4 is 0 Å². The Kier molecular flexibility index (Phi) is 8.73. The number of aryl methyl sites for hydroxylation is 1. The molecule has 6 nitrogen and oxygen atoms in total. The number of carbonyl (C=O) groups is 1. The van der Waals surface area contributed by atoms with Crippen LogP contribution in [0.1, 0.15) is 30.5 Å². The summed E-state index contributed by atoms with van der Waals surface area (Å²) in [5, 5.41) is 4.43. The number of nitrogens with zero attached hydrogens (tertiary/aromatic N) is 2. The van der Waals surface area contributed by atoms with Gasteiger partial charge in [-0.2, -0.15) is 0 Å². The largest absolute Gasteiger partial charge is 0.458 e. The highest BCUT2D eigenvalue weighted by atomic mass is 32.2. The van der Waals surface area contributed by atoms with E-state index in [1.165, 1.54) is 10.5 Å². The van der Waals surface area contributed by atoms with E-state index in [2.05, 4.69) is 36.0 Å². The highest BCUT2D eigenvalue weighted by molar-refractivity contribution is 7.98. The maximum atomic E-state index is 12.2. The summed E-state index contributed by atoms with van der Waals surface area (Å²) in [6.07, 6.45) is 2.05. The van der Waals surface area contributed by atoms with Crippen molar-refractivity contribution < 1.29 is 19.1 Å². The third-order valence-electron chi connectivity index (χ3n) is 5.60. The van der Waals surface area contributed by atoms with Crippen molar-refractivity contribution >= 4 is 23.4 Å². The van der Waals surface area contributed by atoms with Crippen LogP contribution in [0.5, 0.6) is 0 Å². The van der Waals surface area contributed by atoms with Crippen LogP contribution in [-0.2, 0) is 25.7 Å². The molecule has 0 aromatic heterocycles. The molecule has 0 atom stereocenters. The highest BCUT2D eigenvalue weighted by Crippen LogP contribution is 2.25. The second-order valence-corrected chi connectivity index (χ2v) is 9.13. The summed E-state index contributed by atoms with van der Waals surface area (Å²) in [4.78, 5) is 21.2. The molecule has 0 N–H and O–H groups in total. The Morgan fingerprint density at radius 2 is 1.75 bits per heavy atom. The minimum absolute atomic E-state index is 0.217. The number of hydrogen-bond acceptors (Lipinski definition) is 7. The molecule has 2 aromatic rings. The van der Waals surface area contributed by atoms with Crippen molar-refractivity contribution in [1.82, 2.24) is 4.90 Å². The standard InChI is InChI=1S/C25H32N2O4S/c1-19-5-7-20(8-6-19)17-30-23(28)18-31-26-24(21-9-11-22(32-4)12-10-21)25(2,3)27-13-15-29-16-14-27/h5-12H,13-18H2,1-4H3/b26-24-. The van der Waals surface area contributed by atoms with Gasteiger partial charge >= 0.3 is 5.97 Å². The lowest BCUT2D eigenvalue weighted by atomic mass is 9.90. The first kappa shape index (κ1) is 24.3. The van der Waals surface area contributed by atoms with Gasteiger partial charge in [0, 0.05) is 23.5 Å². The van der Waals surface area contributed by atoms with Gasteiger partial charge in [0.05, 0.1) is 18.8 Å². The molecule has 7 heteroatoms. The first-order chi connectivity index (χ1) is 15.4. The van der Waals surface area contributed by atoms with Crippen LogP contribution in [0.4, 0.5) is 0 Å². The Morgan fingerprint density at radius 3 is 2.38 bits per heavy atom. The number of benzene rings is 2. The summed E-state index contributed by atoms with van der Waals surface area (Å²) in [7, 11) is 0. The van der Waals surface area contributed by atoms with E-state index in [1.54, 1.807) is 11.8 Å². The molecule has 32 heavy (non-hydrogen) atoms. The van der Waals surface area contributed by atoms with Gasteiger partial charge in [0.2, 0.25) is 6.61 Å².